The highest BCUT2D eigenvalue weighted by molar-refractivity contribution is 14.0. The second-order valence-electron chi connectivity index (χ2n) is 7.63. The Hall–Kier alpha value is -1.51. The Morgan fingerprint density at radius 3 is 2.27 bits per heavy atom. The normalized spacial score (nSPS) is 11.7. The smallest absolute Gasteiger partial charge is 0.410 e. The number of halogens is 1. The molecule has 0 radical (unpaired) electrons. The zero-order valence-electron chi connectivity index (χ0n) is 16.7. The van der Waals surface area contributed by atoms with Crippen molar-refractivity contribution < 1.29 is 9.53 Å². The van der Waals surface area contributed by atoms with Crippen molar-refractivity contribution in [2.45, 2.75) is 53.3 Å². The lowest BCUT2D eigenvalue weighted by Crippen LogP contribution is -2.34. The van der Waals surface area contributed by atoms with Crippen LogP contribution in [0.25, 0.3) is 0 Å². The topological polar surface area (TPSA) is 80.0 Å². The van der Waals surface area contributed by atoms with Crippen molar-refractivity contribution >= 4 is 36.0 Å². The molecule has 1 rings (SSSR count). The van der Waals surface area contributed by atoms with Crippen LogP contribution >= 0.6 is 24.0 Å². The Balaban J connectivity index is 0.00000625. The van der Waals surface area contributed by atoms with Gasteiger partial charge in [0.25, 0.3) is 0 Å². The third-order valence-corrected chi connectivity index (χ3v) is 3.27. The SMILES string of the molecule is CC(C)CNC(N)=NCc1ccc(CN(C)C(=O)OC(C)(C)C)cc1.I. The van der Waals surface area contributed by atoms with Gasteiger partial charge < -0.3 is 20.7 Å². The van der Waals surface area contributed by atoms with Gasteiger partial charge in [0.05, 0.1) is 6.54 Å². The van der Waals surface area contributed by atoms with E-state index in [9.17, 15) is 4.79 Å². The van der Waals surface area contributed by atoms with E-state index in [-0.39, 0.29) is 30.1 Å². The maximum atomic E-state index is 12.0. The van der Waals surface area contributed by atoms with E-state index in [0.29, 0.717) is 25.0 Å². The van der Waals surface area contributed by atoms with Crippen LogP contribution in [0.2, 0.25) is 0 Å². The van der Waals surface area contributed by atoms with Gasteiger partial charge in [-0.3, -0.25) is 0 Å². The molecule has 148 valence electrons. The van der Waals surface area contributed by atoms with Crippen LogP contribution in [0.5, 0.6) is 0 Å². The number of aliphatic imine (C=N–C) groups is 1. The molecule has 0 spiro atoms. The van der Waals surface area contributed by atoms with Crippen molar-refractivity contribution in [2.24, 2.45) is 16.6 Å². The van der Waals surface area contributed by atoms with Gasteiger partial charge in [-0.25, -0.2) is 9.79 Å². The number of guanidine groups is 1. The summed E-state index contributed by atoms with van der Waals surface area (Å²) < 4.78 is 5.35. The number of ether oxygens (including phenoxy) is 1. The van der Waals surface area contributed by atoms with Crippen LogP contribution in [0.1, 0.15) is 45.7 Å². The van der Waals surface area contributed by atoms with Crippen LogP contribution in [0.4, 0.5) is 4.79 Å². The molecule has 0 saturated carbocycles. The first-order chi connectivity index (χ1) is 11.6. The minimum atomic E-state index is -0.489. The predicted octanol–water partition coefficient (Wildman–Crippen LogP) is 3.73. The Morgan fingerprint density at radius 2 is 1.77 bits per heavy atom. The van der Waals surface area contributed by atoms with Gasteiger partial charge in [-0.1, -0.05) is 38.1 Å². The van der Waals surface area contributed by atoms with Gasteiger partial charge in [0.2, 0.25) is 0 Å². The number of carbonyl (C=O) groups excluding carboxylic acids is 1. The van der Waals surface area contributed by atoms with Crippen molar-refractivity contribution in [3.8, 4) is 0 Å². The molecule has 0 aromatic heterocycles. The van der Waals surface area contributed by atoms with E-state index in [1.807, 2.05) is 45.0 Å². The number of amides is 1. The Labute approximate surface area is 174 Å². The van der Waals surface area contributed by atoms with Crippen LogP contribution in [-0.4, -0.2) is 36.1 Å². The molecule has 6 nitrogen and oxygen atoms in total. The molecular formula is C19H33IN4O2. The van der Waals surface area contributed by atoms with E-state index in [1.165, 1.54) is 0 Å². The highest BCUT2D eigenvalue weighted by atomic mass is 127. The molecule has 0 unspecified atom stereocenters. The lowest BCUT2D eigenvalue weighted by molar-refractivity contribution is 0.0285. The molecule has 0 atom stereocenters. The molecule has 7 heteroatoms. The maximum absolute atomic E-state index is 12.0. The second kappa shape index (κ2) is 11.3. The van der Waals surface area contributed by atoms with Gasteiger partial charge in [-0.2, -0.15) is 0 Å². The number of nitrogens with one attached hydrogen (secondary N) is 1. The molecule has 3 N–H and O–H groups in total. The summed E-state index contributed by atoms with van der Waals surface area (Å²) >= 11 is 0. The molecule has 0 aliphatic carbocycles. The second-order valence-corrected chi connectivity index (χ2v) is 7.63. The van der Waals surface area contributed by atoms with Gasteiger partial charge in [0.15, 0.2) is 5.96 Å². The van der Waals surface area contributed by atoms with Crippen molar-refractivity contribution in [3.63, 3.8) is 0 Å². The first-order valence-corrected chi connectivity index (χ1v) is 8.62. The summed E-state index contributed by atoms with van der Waals surface area (Å²) in [7, 11) is 1.73. The molecule has 1 amide bonds. The van der Waals surface area contributed by atoms with E-state index in [0.717, 1.165) is 17.7 Å². The van der Waals surface area contributed by atoms with Gasteiger partial charge in [0.1, 0.15) is 5.60 Å². The van der Waals surface area contributed by atoms with Crippen LogP contribution in [0.15, 0.2) is 29.3 Å². The zero-order valence-corrected chi connectivity index (χ0v) is 19.0. The predicted molar refractivity (Wildman–Crippen MR) is 118 cm³/mol. The lowest BCUT2D eigenvalue weighted by atomic mass is 10.1. The van der Waals surface area contributed by atoms with E-state index in [2.05, 4.69) is 24.2 Å². The molecule has 0 saturated heterocycles. The summed E-state index contributed by atoms with van der Waals surface area (Å²) in [5.41, 5.74) is 7.44. The number of hydrogen-bond donors (Lipinski definition) is 2. The van der Waals surface area contributed by atoms with Gasteiger partial charge in [-0.05, 0) is 37.8 Å². The average Bonchev–Trinajstić information content (AvgIpc) is 2.50. The highest BCUT2D eigenvalue weighted by Crippen LogP contribution is 2.12. The van der Waals surface area contributed by atoms with E-state index < -0.39 is 5.60 Å². The molecule has 0 bridgehead atoms. The van der Waals surface area contributed by atoms with Crippen molar-refractivity contribution in [1.29, 1.82) is 0 Å². The third kappa shape index (κ3) is 10.5. The Kier molecular flexibility index (Phi) is 10.6. The molecule has 0 heterocycles. The van der Waals surface area contributed by atoms with E-state index in [1.54, 1.807) is 11.9 Å². The van der Waals surface area contributed by atoms with Crippen molar-refractivity contribution in [1.82, 2.24) is 10.2 Å². The number of carbonyl (C=O) groups is 1. The molecular weight excluding hydrogens is 443 g/mol. The molecule has 1 aromatic carbocycles. The largest absolute Gasteiger partial charge is 0.444 e. The molecule has 0 aliphatic rings. The molecule has 26 heavy (non-hydrogen) atoms. The summed E-state index contributed by atoms with van der Waals surface area (Å²) in [6.45, 7) is 11.6. The highest BCUT2D eigenvalue weighted by Gasteiger charge is 2.19. The average molecular weight is 476 g/mol. The number of rotatable bonds is 6. The number of hydrogen-bond acceptors (Lipinski definition) is 3. The fraction of sp³-hybridized carbons (Fsp3) is 0.579. The van der Waals surface area contributed by atoms with Crippen molar-refractivity contribution in [3.05, 3.63) is 35.4 Å². The number of nitrogens with two attached hydrogens (primary N) is 1. The van der Waals surface area contributed by atoms with Crippen LogP contribution in [0.3, 0.4) is 0 Å². The number of nitrogens with zero attached hydrogens (tertiary/aromatic N) is 2. The summed E-state index contributed by atoms with van der Waals surface area (Å²) in [6.07, 6.45) is -0.329. The zero-order chi connectivity index (χ0) is 19.0. The van der Waals surface area contributed by atoms with Crippen LogP contribution in [-0.2, 0) is 17.8 Å². The fourth-order valence-corrected chi connectivity index (χ4v) is 1.97. The lowest BCUT2D eigenvalue weighted by Gasteiger charge is -2.24. The Morgan fingerprint density at radius 1 is 1.23 bits per heavy atom. The maximum Gasteiger partial charge on any atom is 0.410 e. The first kappa shape index (κ1) is 24.5. The van der Waals surface area contributed by atoms with Gasteiger partial charge in [-0.15, -0.1) is 24.0 Å². The fourth-order valence-electron chi connectivity index (χ4n) is 1.97. The standard InChI is InChI=1S/C19H32N4O2.HI/c1-14(2)11-21-17(20)22-12-15-7-9-16(10-8-15)13-23(6)18(24)25-19(3,4)5;/h7-10,14H,11-13H2,1-6H3,(H3,20,21,22);1H. The molecule has 0 fully saturated rings. The third-order valence-electron chi connectivity index (χ3n) is 3.27. The molecule has 1 aromatic rings. The van der Waals surface area contributed by atoms with Crippen molar-refractivity contribution in [2.75, 3.05) is 13.6 Å². The summed E-state index contributed by atoms with van der Waals surface area (Å²) in [6, 6.07) is 7.97. The van der Waals surface area contributed by atoms with Crippen LogP contribution < -0.4 is 11.1 Å². The minimum Gasteiger partial charge on any atom is -0.444 e. The minimum absolute atomic E-state index is 0. The summed E-state index contributed by atoms with van der Waals surface area (Å²) in [5, 5.41) is 3.09. The monoisotopic (exact) mass is 476 g/mol. The first-order valence-electron chi connectivity index (χ1n) is 8.62. The quantitative estimate of drug-likeness (QED) is 0.373. The number of benzene rings is 1. The summed E-state index contributed by atoms with van der Waals surface area (Å²) in [4.78, 5) is 17.9. The van der Waals surface area contributed by atoms with E-state index >= 15 is 0 Å². The Bertz CT molecular complexity index is 580. The van der Waals surface area contributed by atoms with Gasteiger partial charge >= 0.3 is 6.09 Å². The van der Waals surface area contributed by atoms with Gasteiger partial charge in [0, 0.05) is 20.1 Å². The summed E-state index contributed by atoms with van der Waals surface area (Å²) in [5.74, 6) is 0.984. The molecule has 0 aliphatic heterocycles. The van der Waals surface area contributed by atoms with Crippen LogP contribution in [0, 0.1) is 5.92 Å². The van der Waals surface area contributed by atoms with E-state index in [4.69, 9.17) is 10.5 Å².